The van der Waals surface area contributed by atoms with Crippen LogP contribution in [0.5, 0.6) is 0 Å². The molecule has 118 valence electrons. The van der Waals surface area contributed by atoms with Gasteiger partial charge in [0.25, 0.3) is 0 Å². The summed E-state index contributed by atoms with van der Waals surface area (Å²) >= 11 is 0. The molecule has 0 aliphatic rings. The van der Waals surface area contributed by atoms with Gasteiger partial charge in [-0.1, -0.05) is 13.8 Å². The fourth-order valence-electron chi connectivity index (χ4n) is 2.18. The van der Waals surface area contributed by atoms with Gasteiger partial charge in [0.15, 0.2) is 0 Å². The monoisotopic (exact) mass is 295 g/mol. The van der Waals surface area contributed by atoms with Gasteiger partial charge in [0.2, 0.25) is 0 Å². The Morgan fingerprint density at radius 2 is 1.81 bits per heavy atom. The van der Waals surface area contributed by atoms with E-state index in [2.05, 4.69) is 0 Å². The maximum Gasteiger partial charge on any atom is 0.418 e. The third kappa shape index (κ3) is 4.62. The summed E-state index contributed by atoms with van der Waals surface area (Å²) in [5.74, 6) is -0.368. The zero-order valence-electron chi connectivity index (χ0n) is 13.8. The van der Waals surface area contributed by atoms with Crippen molar-refractivity contribution in [2.45, 2.75) is 66.6 Å². The second kappa shape index (κ2) is 6.78. The van der Waals surface area contributed by atoms with Crippen molar-refractivity contribution in [3.8, 4) is 0 Å². The van der Waals surface area contributed by atoms with Crippen LogP contribution in [0.3, 0.4) is 0 Å². The minimum Gasteiger partial charge on any atom is -0.459 e. The molecule has 1 aromatic heterocycles. The van der Waals surface area contributed by atoms with E-state index in [0.717, 1.165) is 24.0 Å². The van der Waals surface area contributed by atoms with Crippen molar-refractivity contribution in [1.82, 2.24) is 4.57 Å². The molecule has 5 heteroatoms. The number of ether oxygens (including phenoxy) is 2. The molecule has 1 heterocycles. The van der Waals surface area contributed by atoms with Gasteiger partial charge in [-0.05, 0) is 44.7 Å². The summed E-state index contributed by atoms with van der Waals surface area (Å²) in [6.45, 7) is 10.9. The minimum absolute atomic E-state index is 0.0811. The lowest BCUT2D eigenvalue weighted by molar-refractivity contribution is -0.142. The first kappa shape index (κ1) is 17.3. The van der Waals surface area contributed by atoms with E-state index in [4.69, 9.17) is 9.47 Å². The largest absolute Gasteiger partial charge is 0.459 e. The summed E-state index contributed by atoms with van der Waals surface area (Å²) in [6, 6.07) is 0. The van der Waals surface area contributed by atoms with E-state index in [0.29, 0.717) is 5.69 Å². The van der Waals surface area contributed by atoms with E-state index in [9.17, 15) is 9.59 Å². The van der Waals surface area contributed by atoms with E-state index >= 15 is 0 Å². The second-order valence-corrected chi connectivity index (χ2v) is 5.92. The second-order valence-electron chi connectivity index (χ2n) is 5.92. The van der Waals surface area contributed by atoms with E-state index in [-0.39, 0.29) is 12.6 Å². The van der Waals surface area contributed by atoms with Gasteiger partial charge in [0.05, 0.1) is 5.69 Å². The van der Waals surface area contributed by atoms with Crippen LogP contribution >= 0.6 is 0 Å². The van der Waals surface area contributed by atoms with Gasteiger partial charge >= 0.3 is 12.1 Å². The summed E-state index contributed by atoms with van der Waals surface area (Å²) < 4.78 is 12.0. The van der Waals surface area contributed by atoms with E-state index in [1.165, 1.54) is 11.5 Å². The van der Waals surface area contributed by atoms with Crippen molar-refractivity contribution in [2.75, 3.05) is 0 Å². The molecular weight excluding hydrogens is 270 g/mol. The maximum atomic E-state index is 12.3. The molecule has 0 saturated heterocycles. The first-order valence-corrected chi connectivity index (χ1v) is 7.28. The smallest absolute Gasteiger partial charge is 0.418 e. The lowest BCUT2D eigenvalue weighted by atomic mass is 10.1. The molecule has 0 bridgehead atoms. The SMILES string of the molecule is CCc1cn(C(=O)OC(C)(C)C)c(COC(C)=O)c1CC. The predicted molar refractivity (Wildman–Crippen MR) is 80.3 cm³/mol. The van der Waals surface area contributed by atoms with Gasteiger partial charge < -0.3 is 9.47 Å². The van der Waals surface area contributed by atoms with Crippen molar-refractivity contribution in [3.05, 3.63) is 23.0 Å². The van der Waals surface area contributed by atoms with E-state index in [1.807, 2.05) is 34.6 Å². The van der Waals surface area contributed by atoms with Crippen molar-refractivity contribution in [2.24, 2.45) is 0 Å². The Morgan fingerprint density at radius 3 is 2.24 bits per heavy atom. The average molecular weight is 295 g/mol. The molecule has 0 aliphatic carbocycles. The zero-order chi connectivity index (χ0) is 16.2. The number of rotatable bonds is 4. The molecule has 0 spiro atoms. The van der Waals surface area contributed by atoms with Gasteiger partial charge in [-0.15, -0.1) is 0 Å². The number of aromatic nitrogens is 1. The number of hydrogen-bond acceptors (Lipinski definition) is 4. The fraction of sp³-hybridized carbons (Fsp3) is 0.625. The van der Waals surface area contributed by atoms with Crippen molar-refractivity contribution < 1.29 is 19.1 Å². The normalized spacial score (nSPS) is 11.3. The molecule has 1 rings (SSSR count). The Kier molecular flexibility index (Phi) is 5.58. The van der Waals surface area contributed by atoms with Crippen LogP contribution in [-0.2, 0) is 33.7 Å². The van der Waals surface area contributed by atoms with Crippen molar-refractivity contribution in [1.29, 1.82) is 0 Å². The number of aryl methyl sites for hydroxylation is 1. The maximum absolute atomic E-state index is 12.3. The molecule has 0 fully saturated rings. The van der Waals surface area contributed by atoms with Gasteiger partial charge in [-0.3, -0.25) is 9.36 Å². The Balaban J connectivity index is 3.19. The van der Waals surface area contributed by atoms with Gasteiger partial charge in [0.1, 0.15) is 12.2 Å². The molecule has 1 aromatic rings. The molecule has 0 aliphatic heterocycles. The van der Waals surface area contributed by atoms with E-state index < -0.39 is 11.7 Å². The number of carbonyl (C=O) groups excluding carboxylic acids is 2. The Morgan fingerprint density at radius 1 is 1.19 bits per heavy atom. The zero-order valence-corrected chi connectivity index (χ0v) is 13.8. The fourth-order valence-corrected chi connectivity index (χ4v) is 2.18. The molecule has 0 aromatic carbocycles. The van der Waals surface area contributed by atoms with Crippen LogP contribution in [-0.4, -0.2) is 22.2 Å². The lowest BCUT2D eigenvalue weighted by Gasteiger charge is -2.20. The third-order valence-corrected chi connectivity index (χ3v) is 3.05. The number of carbonyl (C=O) groups is 2. The molecule has 0 saturated carbocycles. The van der Waals surface area contributed by atoms with Crippen LogP contribution in [0.1, 0.15) is 58.4 Å². The standard InChI is InChI=1S/C16H25NO4/c1-7-12-9-17(15(19)21-16(4,5)6)14(13(12)8-2)10-20-11(3)18/h9H,7-8,10H2,1-6H3. The quantitative estimate of drug-likeness (QED) is 0.798. The van der Waals surface area contributed by atoms with Crippen molar-refractivity contribution in [3.63, 3.8) is 0 Å². The molecule has 0 amide bonds. The number of nitrogens with zero attached hydrogens (tertiary/aromatic N) is 1. The minimum atomic E-state index is -0.571. The molecule has 0 atom stereocenters. The highest BCUT2D eigenvalue weighted by Gasteiger charge is 2.23. The third-order valence-electron chi connectivity index (χ3n) is 3.05. The van der Waals surface area contributed by atoms with Crippen LogP contribution in [0.2, 0.25) is 0 Å². The van der Waals surface area contributed by atoms with Crippen LogP contribution in [0, 0.1) is 0 Å². The summed E-state index contributed by atoms with van der Waals surface area (Å²) in [5.41, 5.74) is 2.24. The first-order chi connectivity index (χ1) is 9.69. The first-order valence-electron chi connectivity index (χ1n) is 7.28. The molecule has 0 N–H and O–H groups in total. The summed E-state index contributed by atoms with van der Waals surface area (Å²) in [5, 5.41) is 0. The Labute approximate surface area is 126 Å². The summed E-state index contributed by atoms with van der Waals surface area (Å²) in [7, 11) is 0. The van der Waals surface area contributed by atoms with Gasteiger partial charge in [-0.2, -0.15) is 0 Å². The number of hydrogen-bond donors (Lipinski definition) is 0. The van der Waals surface area contributed by atoms with Gasteiger partial charge in [-0.25, -0.2) is 4.79 Å². The lowest BCUT2D eigenvalue weighted by Crippen LogP contribution is -2.28. The van der Waals surface area contributed by atoms with Crippen molar-refractivity contribution >= 4 is 12.1 Å². The highest BCUT2D eigenvalue weighted by molar-refractivity contribution is 5.73. The molecule has 0 radical (unpaired) electrons. The van der Waals surface area contributed by atoms with Crippen LogP contribution in [0.15, 0.2) is 6.20 Å². The molecule has 5 nitrogen and oxygen atoms in total. The Bertz CT molecular complexity index is 523. The van der Waals surface area contributed by atoms with Gasteiger partial charge in [0, 0.05) is 13.1 Å². The summed E-state index contributed by atoms with van der Waals surface area (Å²) in [6.07, 6.45) is 2.92. The van der Waals surface area contributed by atoms with E-state index in [1.54, 1.807) is 6.20 Å². The highest BCUT2D eigenvalue weighted by atomic mass is 16.6. The average Bonchev–Trinajstić information content (AvgIpc) is 2.71. The van der Waals surface area contributed by atoms with Crippen LogP contribution < -0.4 is 0 Å². The number of esters is 1. The topological polar surface area (TPSA) is 57.5 Å². The predicted octanol–water partition coefficient (Wildman–Crippen LogP) is 3.46. The molecular formula is C16H25NO4. The molecule has 0 unspecified atom stereocenters. The van der Waals surface area contributed by atoms with Crippen LogP contribution in [0.4, 0.5) is 4.79 Å². The highest BCUT2D eigenvalue weighted by Crippen LogP contribution is 2.22. The van der Waals surface area contributed by atoms with Crippen LogP contribution in [0.25, 0.3) is 0 Å². The Hall–Kier alpha value is -1.78. The summed E-state index contributed by atoms with van der Waals surface area (Å²) in [4.78, 5) is 23.4. The molecule has 21 heavy (non-hydrogen) atoms.